The van der Waals surface area contributed by atoms with E-state index in [-0.39, 0.29) is 11.6 Å². The minimum atomic E-state index is 0.152. The molecule has 0 bridgehead atoms. The molecular weight excluding hydrogens is 242 g/mol. The highest BCUT2D eigenvalue weighted by molar-refractivity contribution is 5.65. The highest BCUT2D eigenvalue weighted by Gasteiger charge is 2.15. The first kappa shape index (κ1) is 11.4. The lowest BCUT2D eigenvalue weighted by Gasteiger charge is -2.01. The zero-order chi connectivity index (χ0) is 13.2. The van der Waals surface area contributed by atoms with Crippen molar-refractivity contribution in [1.82, 2.24) is 15.1 Å². The minimum Gasteiger partial charge on any atom is -0.507 e. The second kappa shape index (κ2) is 4.53. The van der Waals surface area contributed by atoms with E-state index in [1.807, 2.05) is 31.2 Å². The molecule has 0 aliphatic heterocycles. The minimum absolute atomic E-state index is 0.152. The lowest BCUT2D eigenvalue weighted by Crippen LogP contribution is -1.85. The van der Waals surface area contributed by atoms with E-state index in [2.05, 4.69) is 15.1 Å². The van der Waals surface area contributed by atoms with Crippen molar-refractivity contribution in [3.8, 4) is 28.7 Å². The Hall–Kier alpha value is -2.69. The van der Waals surface area contributed by atoms with Gasteiger partial charge >= 0.3 is 0 Å². The van der Waals surface area contributed by atoms with Gasteiger partial charge in [-0.15, -0.1) is 0 Å². The monoisotopic (exact) mass is 253 g/mol. The van der Waals surface area contributed by atoms with Gasteiger partial charge in [0, 0.05) is 6.20 Å². The van der Waals surface area contributed by atoms with Crippen LogP contribution in [0.3, 0.4) is 0 Å². The average Bonchev–Trinajstić information content (AvgIpc) is 2.92. The summed E-state index contributed by atoms with van der Waals surface area (Å²) < 4.78 is 5.18. The number of hydrogen-bond acceptors (Lipinski definition) is 5. The van der Waals surface area contributed by atoms with Gasteiger partial charge in [-0.1, -0.05) is 23.4 Å². The molecule has 0 spiro atoms. The van der Waals surface area contributed by atoms with Crippen LogP contribution in [0.5, 0.6) is 5.75 Å². The molecule has 2 aromatic heterocycles. The van der Waals surface area contributed by atoms with Crippen LogP contribution in [0.4, 0.5) is 0 Å². The number of phenols is 1. The molecule has 0 aliphatic carbocycles. The fourth-order valence-electron chi connectivity index (χ4n) is 1.76. The van der Waals surface area contributed by atoms with Gasteiger partial charge < -0.3 is 9.63 Å². The molecule has 0 radical (unpaired) electrons. The van der Waals surface area contributed by atoms with Crippen LogP contribution in [0.25, 0.3) is 23.0 Å². The third kappa shape index (κ3) is 2.06. The number of para-hydroxylation sites is 1. The smallest absolute Gasteiger partial charge is 0.262 e. The summed E-state index contributed by atoms with van der Waals surface area (Å²) in [6.45, 7) is 1.81. The zero-order valence-corrected chi connectivity index (χ0v) is 10.2. The lowest BCUT2D eigenvalue weighted by atomic mass is 10.1. The van der Waals surface area contributed by atoms with E-state index in [0.29, 0.717) is 17.1 Å². The number of aryl methyl sites for hydroxylation is 1. The Bertz CT molecular complexity index is 708. The van der Waals surface area contributed by atoms with E-state index >= 15 is 0 Å². The van der Waals surface area contributed by atoms with E-state index < -0.39 is 0 Å². The van der Waals surface area contributed by atoms with Gasteiger partial charge in [-0.3, -0.25) is 4.98 Å². The summed E-state index contributed by atoms with van der Waals surface area (Å²) in [5.41, 5.74) is 1.91. The van der Waals surface area contributed by atoms with Gasteiger partial charge in [-0.2, -0.15) is 4.98 Å². The Morgan fingerprint density at radius 3 is 2.79 bits per heavy atom. The van der Waals surface area contributed by atoms with Crippen LogP contribution in [-0.2, 0) is 0 Å². The molecule has 0 saturated heterocycles. The van der Waals surface area contributed by atoms with Crippen LogP contribution >= 0.6 is 0 Å². The first-order chi connectivity index (χ1) is 9.25. The van der Waals surface area contributed by atoms with Crippen LogP contribution in [0.2, 0.25) is 0 Å². The third-order valence-corrected chi connectivity index (χ3v) is 2.79. The molecule has 0 aliphatic rings. The van der Waals surface area contributed by atoms with Gasteiger partial charge in [0.15, 0.2) is 0 Å². The van der Waals surface area contributed by atoms with Crippen molar-refractivity contribution in [2.45, 2.75) is 6.92 Å². The largest absolute Gasteiger partial charge is 0.507 e. The Balaban J connectivity index is 2.05. The molecule has 94 valence electrons. The topological polar surface area (TPSA) is 72.0 Å². The first-order valence-corrected chi connectivity index (χ1v) is 5.80. The summed E-state index contributed by atoms with van der Waals surface area (Å²) in [6.07, 6.45) is 1.66. The van der Waals surface area contributed by atoms with Crippen LogP contribution in [-0.4, -0.2) is 20.2 Å². The van der Waals surface area contributed by atoms with Crippen molar-refractivity contribution in [3.05, 3.63) is 48.2 Å². The first-order valence-electron chi connectivity index (χ1n) is 5.80. The number of aromatic nitrogens is 3. The maximum Gasteiger partial charge on any atom is 0.262 e. The van der Waals surface area contributed by atoms with E-state index in [0.717, 1.165) is 5.56 Å². The molecule has 0 unspecified atom stereocenters. The third-order valence-electron chi connectivity index (χ3n) is 2.79. The van der Waals surface area contributed by atoms with Crippen molar-refractivity contribution in [2.24, 2.45) is 0 Å². The molecule has 3 rings (SSSR count). The molecule has 5 nitrogen and oxygen atoms in total. The number of benzene rings is 1. The average molecular weight is 253 g/mol. The maximum atomic E-state index is 9.99. The predicted molar refractivity (Wildman–Crippen MR) is 69.4 cm³/mol. The Labute approximate surface area is 109 Å². The zero-order valence-electron chi connectivity index (χ0n) is 10.2. The Morgan fingerprint density at radius 2 is 2.00 bits per heavy atom. The molecule has 2 heterocycles. The number of phenolic OH excluding ortho intramolecular Hbond substituents is 1. The Kier molecular flexibility index (Phi) is 2.72. The normalized spacial score (nSPS) is 10.6. The molecular formula is C14H11N3O2. The number of aromatic hydroxyl groups is 1. The second-order valence-electron chi connectivity index (χ2n) is 4.11. The number of hydrogen-bond donors (Lipinski definition) is 1. The Morgan fingerprint density at radius 1 is 1.11 bits per heavy atom. The molecule has 1 aromatic carbocycles. The van der Waals surface area contributed by atoms with Crippen molar-refractivity contribution in [3.63, 3.8) is 0 Å². The van der Waals surface area contributed by atoms with Crippen molar-refractivity contribution in [2.75, 3.05) is 0 Å². The molecule has 19 heavy (non-hydrogen) atoms. The number of nitrogens with zero attached hydrogens (tertiary/aromatic N) is 3. The van der Waals surface area contributed by atoms with Gasteiger partial charge in [-0.25, -0.2) is 0 Å². The van der Waals surface area contributed by atoms with Crippen LogP contribution < -0.4 is 0 Å². The van der Waals surface area contributed by atoms with Crippen molar-refractivity contribution < 1.29 is 9.63 Å². The number of pyridine rings is 1. The summed E-state index contributed by atoms with van der Waals surface area (Å²) in [6, 6.07) is 10.8. The lowest BCUT2D eigenvalue weighted by molar-refractivity contribution is 0.425. The van der Waals surface area contributed by atoms with E-state index in [1.165, 1.54) is 0 Å². The molecule has 0 atom stereocenters. The van der Waals surface area contributed by atoms with Crippen LogP contribution in [0.15, 0.2) is 47.1 Å². The van der Waals surface area contributed by atoms with E-state index in [9.17, 15) is 5.11 Å². The molecule has 5 heteroatoms. The molecule has 0 fully saturated rings. The summed E-state index contributed by atoms with van der Waals surface area (Å²) >= 11 is 0. The summed E-state index contributed by atoms with van der Waals surface area (Å²) in [4.78, 5) is 8.40. The SMILES string of the molecule is Cc1cccc(-c2nc(-c3ccccn3)no2)c1O. The van der Waals surface area contributed by atoms with Gasteiger partial charge in [0.1, 0.15) is 11.4 Å². The molecule has 3 aromatic rings. The van der Waals surface area contributed by atoms with Gasteiger partial charge in [0.05, 0.1) is 5.56 Å². The molecule has 0 amide bonds. The van der Waals surface area contributed by atoms with Crippen LogP contribution in [0, 0.1) is 6.92 Å². The standard InChI is InChI=1S/C14H11N3O2/c1-9-5-4-6-10(12(9)18)14-16-13(17-19-14)11-7-2-3-8-15-11/h2-8,18H,1H3. The highest BCUT2D eigenvalue weighted by atomic mass is 16.5. The van der Waals surface area contributed by atoms with Gasteiger partial charge in [0.2, 0.25) is 5.82 Å². The maximum absolute atomic E-state index is 9.99. The van der Waals surface area contributed by atoms with Gasteiger partial charge in [0.25, 0.3) is 5.89 Å². The van der Waals surface area contributed by atoms with Crippen molar-refractivity contribution in [1.29, 1.82) is 0 Å². The molecule has 0 saturated carbocycles. The van der Waals surface area contributed by atoms with Crippen LogP contribution in [0.1, 0.15) is 5.56 Å². The fraction of sp³-hybridized carbons (Fsp3) is 0.0714. The number of rotatable bonds is 2. The molecule has 1 N–H and O–H groups in total. The summed E-state index contributed by atoms with van der Waals surface area (Å²) in [5, 5.41) is 13.9. The summed E-state index contributed by atoms with van der Waals surface area (Å²) in [7, 11) is 0. The predicted octanol–water partition coefficient (Wildman–Crippen LogP) is 2.81. The van der Waals surface area contributed by atoms with E-state index in [4.69, 9.17) is 4.52 Å². The van der Waals surface area contributed by atoms with Crippen molar-refractivity contribution >= 4 is 0 Å². The highest BCUT2D eigenvalue weighted by Crippen LogP contribution is 2.31. The fourth-order valence-corrected chi connectivity index (χ4v) is 1.76. The van der Waals surface area contributed by atoms with E-state index in [1.54, 1.807) is 18.3 Å². The quantitative estimate of drug-likeness (QED) is 0.760. The second-order valence-corrected chi connectivity index (χ2v) is 4.11. The van der Waals surface area contributed by atoms with Gasteiger partial charge in [-0.05, 0) is 30.7 Å². The summed E-state index contributed by atoms with van der Waals surface area (Å²) in [5.74, 6) is 0.831.